The third kappa shape index (κ3) is 5.55. The van der Waals surface area contributed by atoms with Crippen molar-refractivity contribution in [3.8, 4) is 5.75 Å². The van der Waals surface area contributed by atoms with Crippen LogP contribution in [0.5, 0.6) is 5.75 Å². The van der Waals surface area contributed by atoms with Gasteiger partial charge in [-0.15, -0.1) is 0 Å². The van der Waals surface area contributed by atoms with Crippen LogP contribution in [0.3, 0.4) is 0 Å². The number of benzene rings is 1. The molecule has 1 aromatic carbocycles. The van der Waals surface area contributed by atoms with Crippen molar-refractivity contribution in [3.05, 3.63) is 29.3 Å². The molecule has 2 atom stereocenters. The Kier molecular flexibility index (Phi) is 6.22. The number of ether oxygens (including phenoxy) is 2. The molecule has 0 spiro atoms. The van der Waals surface area contributed by atoms with Crippen molar-refractivity contribution in [1.82, 2.24) is 5.32 Å². The molecule has 0 aliphatic rings. The third-order valence-electron chi connectivity index (χ3n) is 3.08. The van der Waals surface area contributed by atoms with Crippen LogP contribution in [0.4, 0.5) is 13.2 Å². The van der Waals surface area contributed by atoms with Crippen LogP contribution in [0.15, 0.2) is 18.2 Å². The lowest BCUT2D eigenvalue weighted by molar-refractivity contribution is -0.185. The number of carbonyl (C=O) groups excluding carboxylic acids is 1. The van der Waals surface area contributed by atoms with E-state index < -0.39 is 30.8 Å². The SMILES string of the molecule is COc1ccc(C)cc1[C@@H](C)NC(=O)[C@H](C)OCC(F)(F)F. The Balaban J connectivity index is 2.69. The minimum atomic E-state index is -4.46. The number of alkyl halides is 3. The van der Waals surface area contributed by atoms with Crippen LogP contribution in [0, 0.1) is 6.92 Å². The van der Waals surface area contributed by atoms with Crippen LogP contribution < -0.4 is 10.1 Å². The summed E-state index contributed by atoms with van der Waals surface area (Å²) in [5, 5.41) is 2.62. The highest BCUT2D eigenvalue weighted by molar-refractivity contribution is 5.80. The summed E-state index contributed by atoms with van der Waals surface area (Å²) in [7, 11) is 1.51. The number of hydrogen-bond acceptors (Lipinski definition) is 3. The summed E-state index contributed by atoms with van der Waals surface area (Å²) in [6, 6.07) is 5.08. The summed E-state index contributed by atoms with van der Waals surface area (Å²) in [5.74, 6) is -0.0115. The Labute approximate surface area is 127 Å². The summed E-state index contributed by atoms with van der Waals surface area (Å²) in [5.41, 5.74) is 1.73. The first kappa shape index (κ1) is 18.3. The molecule has 0 saturated carbocycles. The Bertz CT molecular complexity index is 517. The molecule has 1 aromatic rings. The van der Waals surface area contributed by atoms with Gasteiger partial charge < -0.3 is 14.8 Å². The molecule has 0 aliphatic heterocycles. The maximum atomic E-state index is 12.1. The Morgan fingerprint density at radius 1 is 1.32 bits per heavy atom. The van der Waals surface area contributed by atoms with Gasteiger partial charge in [0.05, 0.1) is 13.2 Å². The summed E-state index contributed by atoms with van der Waals surface area (Å²) in [6.07, 6.45) is -5.65. The zero-order valence-corrected chi connectivity index (χ0v) is 13.0. The van der Waals surface area contributed by atoms with E-state index in [0.29, 0.717) is 5.75 Å². The first-order valence-corrected chi connectivity index (χ1v) is 6.77. The van der Waals surface area contributed by atoms with E-state index in [1.807, 2.05) is 19.1 Å². The topological polar surface area (TPSA) is 47.6 Å². The predicted molar refractivity (Wildman–Crippen MR) is 75.8 cm³/mol. The largest absolute Gasteiger partial charge is 0.496 e. The molecule has 124 valence electrons. The molecule has 1 N–H and O–H groups in total. The average Bonchev–Trinajstić information content (AvgIpc) is 2.43. The zero-order valence-electron chi connectivity index (χ0n) is 13.0. The van der Waals surface area contributed by atoms with Crippen LogP contribution in [-0.2, 0) is 9.53 Å². The van der Waals surface area contributed by atoms with Gasteiger partial charge in [-0.05, 0) is 26.8 Å². The van der Waals surface area contributed by atoms with Crippen molar-refractivity contribution in [1.29, 1.82) is 0 Å². The second kappa shape index (κ2) is 7.49. The molecule has 7 heteroatoms. The highest BCUT2D eigenvalue weighted by Gasteiger charge is 2.30. The molecule has 0 saturated heterocycles. The first-order chi connectivity index (χ1) is 10.1. The highest BCUT2D eigenvalue weighted by atomic mass is 19.4. The smallest absolute Gasteiger partial charge is 0.411 e. The van der Waals surface area contributed by atoms with E-state index in [9.17, 15) is 18.0 Å². The second-order valence-electron chi connectivity index (χ2n) is 5.04. The van der Waals surface area contributed by atoms with Crippen LogP contribution in [0.2, 0.25) is 0 Å². The molecule has 0 aromatic heterocycles. The van der Waals surface area contributed by atoms with Crippen LogP contribution in [-0.4, -0.2) is 31.9 Å². The molecule has 4 nitrogen and oxygen atoms in total. The molecule has 1 rings (SSSR count). The minimum Gasteiger partial charge on any atom is -0.496 e. The fraction of sp³-hybridized carbons (Fsp3) is 0.533. The zero-order chi connectivity index (χ0) is 16.9. The maximum Gasteiger partial charge on any atom is 0.411 e. The number of rotatable bonds is 6. The van der Waals surface area contributed by atoms with Crippen molar-refractivity contribution < 1.29 is 27.4 Å². The normalized spacial score (nSPS) is 14.3. The van der Waals surface area contributed by atoms with Crippen molar-refractivity contribution in [2.45, 2.75) is 39.1 Å². The van der Waals surface area contributed by atoms with E-state index in [0.717, 1.165) is 11.1 Å². The van der Waals surface area contributed by atoms with Gasteiger partial charge in [-0.3, -0.25) is 4.79 Å². The monoisotopic (exact) mass is 319 g/mol. The Morgan fingerprint density at radius 2 is 1.95 bits per heavy atom. The van der Waals surface area contributed by atoms with E-state index >= 15 is 0 Å². The second-order valence-corrected chi connectivity index (χ2v) is 5.04. The number of amides is 1. The molecule has 0 fully saturated rings. The molecule has 22 heavy (non-hydrogen) atoms. The van der Waals surface area contributed by atoms with E-state index in [1.165, 1.54) is 14.0 Å². The summed E-state index contributed by atoms with van der Waals surface area (Å²) in [4.78, 5) is 11.9. The van der Waals surface area contributed by atoms with Crippen molar-refractivity contribution >= 4 is 5.91 Å². The van der Waals surface area contributed by atoms with Crippen LogP contribution >= 0.6 is 0 Å². The molecular formula is C15H20F3NO3. The predicted octanol–water partition coefficient (Wildman–Crippen LogP) is 3.15. The summed E-state index contributed by atoms with van der Waals surface area (Å²) >= 11 is 0. The molecule has 0 heterocycles. The number of carbonyl (C=O) groups is 1. The lowest BCUT2D eigenvalue weighted by atomic mass is 10.0. The molecule has 0 unspecified atom stereocenters. The van der Waals surface area contributed by atoms with Gasteiger partial charge in [-0.1, -0.05) is 17.7 Å². The van der Waals surface area contributed by atoms with E-state index in [4.69, 9.17) is 4.74 Å². The van der Waals surface area contributed by atoms with Gasteiger partial charge in [0.2, 0.25) is 5.91 Å². The van der Waals surface area contributed by atoms with Gasteiger partial charge >= 0.3 is 6.18 Å². The number of hydrogen-bond donors (Lipinski definition) is 1. The quantitative estimate of drug-likeness (QED) is 0.876. The van der Waals surface area contributed by atoms with Crippen LogP contribution in [0.1, 0.15) is 31.0 Å². The van der Waals surface area contributed by atoms with Gasteiger partial charge in [0.25, 0.3) is 0 Å². The standard InChI is InChI=1S/C15H20F3NO3/c1-9-5-6-13(21-4)12(7-9)10(2)19-14(20)11(3)22-8-15(16,17)18/h5-7,10-11H,8H2,1-4H3,(H,19,20)/t10-,11+/m1/s1. The molecule has 0 aliphatic carbocycles. The van der Waals surface area contributed by atoms with E-state index in [2.05, 4.69) is 10.1 Å². The van der Waals surface area contributed by atoms with Gasteiger partial charge in [-0.2, -0.15) is 13.2 Å². The number of methoxy groups -OCH3 is 1. The van der Waals surface area contributed by atoms with Crippen LogP contribution in [0.25, 0.3) is 0 Å². The van der Waals surface area contributed by atoms with E-state index in [1.54, 1.807) is 13.0 Å². The van der Waals surface area contributed by atoms with Gasteiger partial charge in [0, 0.05) is 5.56 Å². The van der Waals surface area contributed by atoms with Gasteiger partial charge in [0.15, 0.2) is 0 Å². The van der Waals surface area contributed by atoms with Gasteiger partial charge in [-0.25, -0.2) is 0 Å². The molecule has 0 bridgehead atoms. The fourth-order valence-electron chi connectivity index (χ4n) is 1.90. The molecular weight excluding hydrogens is 299 g/mol. The Hall–Kier alpha value is -1.76. The first-order valence-electron chi connectivity index (χ1n) is 6.77. The lowest BCUT2D eigenvalue weighted by Gasteiger charge is -2.20. The number of halogens is 3. The lowest BCUT2D eigenvalue weighted by Crippen LogP contribution is -2.37. The van der Waals surface area contributed by atoms with Crippen molar-refractivity contribution in [2.75, 3.05) is 13.7 Å². The minimum absolute atomic E-state index is 0.417. The number of aryl methyl sites for hydroxylation is 1. The fourth-order valence-corrected chi connectivity index (χ4v) is 1.90. The highest BCUT2D eigenvalue weighted by Crippen LogP contribution is 2.26. The summed E-state index contributed by atoms with van der Waals surface area (Å²) < 4.78 is 46.0. The van der Waals surface area contributed by atoms with Crippen molar-refractivity contribution in [3.63, 3.8) is 0 Å². The van der Waals surface area contributed by atoms with E-state index in [-0.39, 0.29) is 0 Å². The average molecular weight is 319 g/mol. The third-order valence-corrected chi connectivity index (χ3v) is 3.08. The Morgan fingerprint density at radius 3 is 2.50 bits per heavy atom. The van der Waals surface area contributed by atoms with Crippen molar-refractivity contribution in [2.24, 2.45) is 0 Å². The molecule has 1 amide bonds. The molecule has 0 radical (unpaired) electrons. The number of nitrogens with one attached hydrogen (secondary N) is 1. The summed E-state index contributed by atoms with van der Waals surface area (Å²) in [6.45, 7) is 3.45. The van der Waals surface area contributed by atoms with Gasteiger partial charge in [0.1, 0.15) is 18.5 Å². The maximum absolute atomic E-state index is 12.1.